The highest BCUT2D eigenvalue weighted by molar-refractivity contribution is 7.90. The lowest BCUT2D eigenvalue weighted by atomic mass is 10.2. The molecular weight excluding hydrogens is 272 g/mol. The zero-order chi connectivity index (χ0) is 14.8. The zero-order valence-electron chi connectivity index (χ0n) is 11.0. The highest BCUT2D eigenvalue weighted by Crippen LogP contribution is 2.22. The highest BCUT2D eigenvalue weighted by Gasteiger charge is 2.18. The number of nitrogens with zero attached hydrogens (tertiary/aromatic N) is 1. The van der Waals surface area contributed by atoms with Gasteiger partial charge < -0.3 is 5.73 Å². The Morgan fingerprint density at radius 2 is 1.95 bits per heavy atom. The number of nitriles is 1. The molecule has 0 aromatic heterocycles. The summed E-state index contributed by atoms with van der Waals surface area (Å²) in [5.41, 5.74) is 7.77. The molecule has 0 heterocycles. The van der Waals surface area contributed by atoms with Crippen LogP contribution in [0.15, 0.2) is 47.4 Å². The van der Waals surface area contributed by atoms with Crippen LogP contribution in [-0.4, -0.2) is 8.42 Å². The van der Waals surface area contributed by atoms with Gasteiger partial charge in [-0.3, -0.25) is 0 Å². The van der Waals surface area contributed by atoms with Gasteiger partial charge in [0.05, 0.1) is 22.3 Å². The van der Waals surface area contributed by atoms with Gasteiger partial charge in [-0.1, -0.05) is 18.2 Å². The maximum absolute atomic E-state index is 12.4. The van der Waals surface area contributed by atoms with Crippen molar-refractivity contribution in [2.75, 3.05) is 5.73 Å². The first kappa shape index (κ1) is 14.1. The molecule has 2 rings (SSSR count). The number of hydrogen-bond donors (Lipinski definition) is 1. The van der Waals surface area contributed by atoms with Gasteiger partial charge in [-0.05, 0) is 42.3 Å². The fourth-order valence-electron chi connectivity index (χ4n) is 1.98. The van der Waals surface area contributed by atoms with Crippen LogP contribution in [0.5, 0.6) is 0 Å². The molecule has 102 valence electrons. The average molecular weight is 286 g/mol. The van der Waals surface area contributed by atoms with Gasteiger partial charge in [0.25, 0.3) is 0 Å². The second-order valence-electron chi connectivity index (χ2n) is 4.60. The fourth-order valence-corrected chi connectivity index (χ4v) is 3.63. The van der Waals surface area contributed by atoms with Crippen LogP contribution >= 0.6 is 0 Å². The highest BCUT2D eigenvalue weighted by atomic mass is 32.2. The molecule has 2 aromatic rings. The largest absolute Gasteiger partial charge is 0.399 e. The second-order valence-corrected chi connectivity index (χ2v) is 6.55. The van der Waals surface area contributed by atoms with Crippen molar-refractivity contribution in [2.45, 2.75) is 17.6 Å². The van der Waals surface area contributed by atoms with Gasteiger partial charge in [-0.15, -0.1) is 0 Å². The number of benzene rings is 2. The van der Waals surface area contributed by atoms with Crippen LogP contribution in [0.25, 0.3) is 0 Å². The molecule has 0 radical (unpaired) electrons. The Morgan fingerprint density at radius 3 is 2.65 bits per heavy atom. The molecule has 0 unspecified atom stereocenters. The summed E-state index contributed by atoms with van der Waals surface area (Å²) in [6.45, 7) is 1.73. The Balaban J connectivity index is 2.41. The number of nitrogens with two attached hydrogens (primary N) is 1. The quantitative estimate of drug-likeness (QED) is 0.878. The van der Waals surface area contributed by atoms with Crippen molar-refractivity contribution in [1.82, 2.24) is 0 Å². The smallest absolute Gasteiger partial charge is 0.182 e. The van der Waals surface area contributed by atoms with Crippen LogP contribution in [0.1, 0.15) is 16.7 Å². The lowest BCUT2D eigenvalue weighted by molar-refractivity contribution is 0.594. The monoisotopic (exact) mass is 286 g/mol. The molecule has 0 saturated carbocycles. The Bertz CT molecular complexity index is 790. The van der Waals surface area contributed by atoms with Crippen molar-refractivity contribution in [1.29, 1.82) is 5.26 Å². The lowest BCUT2D eigenvalue weighted by Crippen LogP contribution is -2.07. The van der Waals surface area contributed by atoms with E-state index in [-0.39, 0.29) is 10.6 Å². The molecule has 0 aliphatic heterocycles. The van der Waals surface area contributed by atoms with Gasteiger partial charge >= 0.3 is 0 Å². The fraction of sp³-hybridized carbons (Fsp3) is 0.133. The minimum absolute atomic E-state index is 0.146. The molecule has 2 N–H and O–H groups in total. The summed E-state index contributed by atoms with van der Waals surface area (Å²) in [6, 6.07) is 13.4. The number of anilines is 1. The predicted molar refractivity (Wildman–Crippen MR) is 77.6 cm³/mol. The predicted octanol–water partition coefficient (Wildman–Crippen LogP) is 2.42. The SMILES string of the molecule is Cc1ccc(N)cc1S(=O)(=O)Cc1cccc(C#N)c1. The minimum Gasteiger partial charge on any atom is -0.399 e. The summed E-state index contributed by atoms with van der Waals surface area (Å²) in [6.07, 6.45) is 0. The third-order valence-electron chi connectivity index (χ3n) is 2.96. The summed E-state index contributed by atoms with van der Waals surface area (Å²) in [4.78, 5) is 0.236. The van der Waals surface area contributed by atoms with Crippen molar-refractivity contribution in [3.63, 3.8) is 0 Å². The van der Waals surface area contributed by atoms with E-state index in [0.29, 0.717) is 22.4 Å². The summed E-state index contributed by atoms with van der Waals surface area (Å²) in [7, 11) is -3.48. The third-order valence-corrected chi connectivity index (χ3v) is 4.78. The molecule has 0 bridgehead atoms. The minimum atomic E-state index is -3.48. The summed E-state index contributed by atoms with van der Waals surface area (Å²) < 4.78 is 24.9. The van der Waals surface area contributed by atoms with E-state index >= 15 is 0 Å². The Labute approximate surface area is 118 Å². The van der Waals surface area contributed by atoms with E-state index < -0.39 is 9.84 Å². The Hall–Kier alpha value is -2.32. The first-order valence-electron chi connectivity index (χ1n) is 6.00. The molecular formula is C15H14N2O2S. The molecule has 0 atom stereocenters. The van der Waals surface area contributed by atoms with E-state index in [4.69, 9.17) is 11.0 Å². The van der Waals surface area contributed by atoms with Crippen molar-refractivity contribution in [3.05, 3.63) is 59.2 Å². The van der Waals surface area contributed by atoms with Crippen LogP contribution < -0.4 is 5.73 Å². The number of sulfone groups is 1. The molecule has 20 heavy (non-hydrogen) atoms. The second kappa shape index (κ2) is 5.35. The van der Waals surface area contributed by atoms with E-state index in [1.807, 2.05) is 6.07 Å². The maximum atomic E-state index is 12.4. The number of hydrogen-bond acceptors (Lipinski definition) is 4. The third kappa shape index (κ3) is 2.98. The summed E-state index contributed by atoms with van der Waals surface area (Å²) >= 11 is 0. The first-order valence-corrected chi connectivity index (χ1v) is 7.65. The standard InChI is InChI=1S/C15H14N2O2S/c1-11-5-6-14(17)8-15(11)20(18,19)10-13-4-2-3-12(7-13)9-16/h2-8H,10,17H2,1H3. The topological polar surface area (TPSA) is 84.0 Å². The number of nitrogen functional groups attached to an aromatic ring is 1. The molecule has 2 aromatic carbocycles. The van der Waals surface area contributed by atoms with E-state index in [0.717, 1.165) is 0 Å². The van der Waals surface area contributed by atoms with E-state index in [1.165, 1.54) is 6.07 Å². The van der Waals surface area contributed by atoms with Crippen molar-refractivity contribution >= 4 is 15.5 Å². The maximum Gasteiger partial charge on any atom is 0.182 e. The average Bonchev–Trinajstić information content (AvgIpc) is 2.41. The van der Waals surface area contributed by atoms with E-state index in [2.05, 4.69) is 0 Å². The lowest BCUT2D eigenvalue weighted by Gasteiger charge is -2.09. The molecule has 0 aliphatic rings. The Kier molecular flexibility index (Phi) is 3.77. The molecule has 0 amide bonds. The molecule has 0 spiro atoms. The van der Waals surface area contributed by atoms with Crippen molar-refractivity contribution in [2.24, 2.45) is 0 Å². The van der Waals surface area contributed by atoms with Gasteiger partial charge in [-0.25, -0.2) is 8.42 Å². The van der Waals surface area contributed by atoms with Crippen LogP contribution in [0.2, 0.25) is 0 Å². The van der Waals surface area contributed by atoms with Gasteiger partial charge in [0.1, 0.15) is 0 Å². The van der Waals surface area contributed by atoms with Gasteiger partial charge in [0, 0.05) is 5.69 Å². The molecule has 5 heteroatoms. The summed E-state index contributed by atoms with van der Waals surface area (Å²) in [5.74, 6) is -0.146. The van der Waals surface area contributed by atoms with Gasteiger partial charge in [0.2, 0.25) is 0 Å². The van der Waals surface area contributed by atoms with E-state index in [9.17, 15) is 8.42 Å². The Morgan fingerprint density at radius 1 is 1.20 bits per heavy atom. The molecule has 4 nitrogen and oxygen atoms in total. The summed E-state index contributed by atoms with van der Waals surface area (Å²) in [5, 5.41) is 8.84. The molecule has 0 fully saturated rings. The van der Waals surface area contributed by atoms with Crippen LogP contribution in [0, 0.1) is 18.3 Å². The van der Waals surface area contributed by atoms with Crippen molar-refractivity contribution < 1.29 is 8.42 Å². The molecule has 0 saturated heterocycles. The molecule has 0 aliphatic carbocycles. The van der Waals surface area contributed by atoms with Crippen molar-refractivity contribution in [3.8, 4) is 6.07 Å². The zero-order valence-corrected chi connectivity index (χ0v) is 11.8. The van der Waals surface area contributed by atoms with Gasteiger partial charge in [-0.2, -0.15) is 5.26 Å². The number of aryl methyl sites for hydroxylation is 1. The van der Waals surface area contributed by atoms with Crippen LogP contribution in [0.3, 0.4) is 0 Å². The first-order chi connectivity index (χ1) is 9.42. The van der Waals surface area contributed by atoms with Crippen LogP contribution in [-0.2, 0) is 15.6 Å². The van der Waals surface area contributed by atoms with Crippen LogP contribution in [0.4, 0.5) is 5.69 Å². The van der Waals surface area contributed by atoms with E-state index in [1.54, 1.807) is 43.3 Å². The van der Waals surface area contributed by atoms with Gasteiger partial charge in [0.15, 0.2) is 9.84 Å². The normalized spacial score (nSPS) is 11.0. The number of rotatable bonds is 3.